The zero-order valence-corrected chi connectivity index (χ0v) is 13.4. The van der Waals surface area contributed by atoms with Gasteiger partial charge in [0.15, 0.2) is 11.5 Å². The summed E-state index contributed by atoms with van der Waals surface area (Å²) in [6, 6.07) is 6.13. The largest absolute Gasteiger partial charge is 0.493 e. The maximum absolute atomic E-state index is 5.77. The average molecular weight is 279 g/mol. The van der Waals surface area contributed by atoms with Crippen LogP contribution in [0.5, 0.6) is 11.5 Å². The third kappa shape index (κ3) is 6.29. The van der Waals surface area contributed by atoms with Gasteiger partial charge in [0, 0.05) is 6.54 Å². The van der Waals surface area contributed by atoms with Crippen molar-refractivity contribution in [1.29, 1.82) is 0 Å². The molecule has 1 N–H and O–H groups in total. The summed E-state index contributed by atoms with van der Waals surface area (Å²) < 4.78 is 11.1. The van der Waals surface area contributed by atoms with Crippen LogP contribution in [0.4, 0.5) is 0 Å². The van der Waals surface area contributed by atoms with Crippen LogP contribution in [-0.2, 0) is 6.42 Å². The van der Waals surface area contributed by atoms with E-state index in [0.29, 0.717) is 6.61 Å². The first-order chi connectivity index (χ1) is 9.67. The van der Waals surface area contributed by atoms with Crippen LogP contribution in [0.15, 0.2) is 18.2 Å². The standard InChI is InChI=1S/C17H29NO2/c1-5-15-8-9-16(17(13-15)19-4)20-12-11-18-10-6-7-14(2)3/h8-9,13-14,18H,5-7,10-12H2,1-4H3. The maximum Gasteiger partial charge on any atom is 0.161 e. The zero-order valence-electron chi connectivity index (χ0n) is 13.4. The van der Waals surface area contributed by atoms with E-state index in [0.717, 1.165) is 36.9 Å². The minimum Gasteiger partial charge on any atom is -0.493 e. The molecule has 0 unspecified atom stereocenters. The van der Waals surface area contributed by atoms with Crippen molar-refractivity contribution in [2.75, 3.05) is 26.8 Å². The van der Waals surface area contributed by atoms with E-state index in [1.54, 1.807) is 7.11 Å². The summed E-state index contributed by atoms with van der Waals surface area (Å²) in [5, 5.41) is 3.41. The highest BCUT2D eigenvalue weighted by molar-refractivity contribution is 5.42. The number of ether oxygens (including phenoxy) is 2. The van der Waals surface area contributed by atoms with Gasteiger partial charge in [-0.2, -0.15) is 0 Å². The number of benzene rings is 1. The van der Waals surface area contributed by atoms with Gasteiger partial charge in [0.1, 0.15) is 6.61 Å². The molecule has 20 heavy (non-hydrogen) atoms. The van der Waals surface area contributed by atoms with Crippen molar-refractivity contribution in [3.05, 3.63) is 23.8 Å². The summed E-state index contributed by atoms with van der Waals surface area (Å²) in [7, 11) is 1.69. The van der Waals surface area contributed by atoms with E-state index in [1.165, 1.54) is 18.4 Å². The maximum atomic E-state index is 5.77. The van der Waals surface area contributed by atoms with Gasteiger partial charge in [-0.3, -0.25) is 0 Å². The topological polar surface area (TPSA) is 30.5 Å². The fourth-order valence-electron chi connectivity index (χ4n) is 2.04. The molecular formula is C17H29NO2. The molecule has 1 rings (SSSR count). The van der Waals surface area contributed by atoms with Crippen LogP contribution in [0.1, 0.15) is 39.2 Å². The lowest BCUT2D eigenvalue weighted by Crippen LogP contribution is -2.22. The van der Waals surface area contributed by atoms with Gasteiger partial charge in [0.2, 0.25) is 0 Å². The molecule has 114 valence electrons. The summed E-state index contributed by atoms with van der Waals surface area (Å²) in [4.78, 5) is 0. The molecule has 0 saturated heterocycles. The van der Waals surface area contributed by atoms with Gasteiger partial charge in [-0.1, -0.05) is 26.8 Å². The molecule has 0 spiro atoms. The second kappa shape index (κ2) is 9.65. The predicted molar refractivity (Wildman–Crippen MR) is 84.8 cm³/mol. The smallest absolute Gasteiger partial charge is 0.161 e. The molecule has 3 nitrogen and oxygen atoms in total. The van der Waals surface area contributed by atoms with Crippen LogP contribution in [0.3, 0.4) is 0 Å². The Kier molecular flexibility index (Phi) is 8.12. The average Bonchev–Trinajstić information content (AvgIpc) is 2.46. The summed E-state index contributed by atoms with van der Waals surface area (Å²) in [5.74, 6) is 2.44. The highest BCUT2D eigenvalue weighted by Crippen LogP contribution is 2.28. The lowest BCUT2D eigenvalue weighted by Gasteiger charge is -2.12. The van der Waals surface area contributed by atoms with Crippen molar-refractivity contribution in [3.63, 3.8) is 0 Å². The van der Waals surface area contributed by atoms with Gasteiger partial charge >= 0.3 is 0 Å². The van der Waals surface area contributed by atoms with Gasteiger partial charge in [-0.15, -0.1) is 0 Å². The molecule has 0 bridgehead atoms. The van der Waals surface area contributed by atoms with E-state index in [4.69, 9.17) is 9.47 Å². The lowest BCUT2D eigenvalue weighted by atomic mass is 10.1. The summed E-state index contributed by atoms with van der Waals surface area (Å²) in [6.45, 7) is 9.26. The van der Waals surface area contributed by atoms with Crippen molar-refractivity contribution < 1.29 is 9.47 Å². The van der Waals surface area contributed by atoms with Crippen LogP contribution in [-0.4, -0.2) is 26.8 Å². The Balaban J connectivity index is 2.24. The zero-order chi connectivity index (χ0) is 14.8. The van der Waals surface area contributed by atoms with E-state index < -0.39 is 0 Å². The number of hydrogen-bond acceptors (Lipinski definition) is 3. The molecule has 0 aliphatic carbocycles. The van der Waals surface area contributed by atoms with E-state index in [-0.39, 0.29) is 0 Å². The Bertz CT molecular complexity index is 377. The molecule has 0 amide bonds. The second-order valence-corrected chi connectivity index (χ2v) is 5.47. The van der Waals surface area contributed by atoms with Crippen LogP contribution in [0.25, 0.3) is 0 Å². The Morgan fingerprint density at radius 3 is 2.60 bits per heavy atom. The van der Waals surface area contributed by atoms with E-state index in [1.807, 2.05) is 12.1 Å². The molecule has 0 aliphatic heterocycles. The summed E-state index contributed by atoms with van der Waals surface area (Å²) >= 11 is 0. The highest BCUT2D eigenvalue weighted by atomic mass is 16.5. The number of nitrogens with one attached hydrogen (secondary N) is 1. The molecule has 0 saturated carbocycles. The Labute approximate surface area is 123 Å². The van der Waals surface area contributed by atoms with Crippen molar-refractivity contribution >= 4 is 0 Å². The van der Waals surface area contributed by atoms with Crippen molar-refractivity contribution in [3.8, 4) is 11.5 Å². The summed E-state index contributed by atoms with van der Waals surface area (Å²) in [6.07, 6.45) is 3.51. The van der Waals surface area contributed by atoms with Gasteiger partial charge in [0.25, 0.3) is 0 Å². The Morgan fingerprint density at radius 2 is 1.95 bits per heavy atom. The van der Waals surface area contributed by atoms with Gasteiger partial charge in [-0.25, -0.2) is 0 Å². The second-order valence-electron chi connectivity index (χ2n) is 5.47. The molecule has 0 radical (unpaired) electrons. The first-order valence-electron chi connectivity index (χ1n) is 7.67. The minimum absolute atomic E-state index is 0.670. The van der Waals surface area contributed by atoms with Crippen LogP contribution in [0.2, 0.25) is 0 Å². The lowest BCUT2D eigenvalue weighted by molar-refractivity contribution is 0.291. The van der Waals surface area contributed by atoms with Crippen molar-refractivity contribution in [1.82, 2.24) is 5.32 Å². The van der Waals surface area contributed by atoms with Crippen molar-refractivity contribution in [2.24, 2.45) is 5.92 Å². The monoisotopic (exact) mass is 279 g/mol. The van der Waals surface area contributed by atoms with Crippen molar-refractivity contribution in [2.45, 2.75) is 40.0 Å². The molecule has 0 aliphatic rings. The summed E-state index contributed by atoms with van der Waals surface area (Å²) in [5.41, 5.74) is 1.26. The fraction of sp³-hybridized carbons (Fsp3) is 0.647. The molecule has 0 atom stereocenters. The van der Waals surface area contributed by atoms with Gasteiger partial charge < -0.3 is 14.8 Å². The number of hydrogen-bond donors (Lipinski definition) is 1. The first-order valence-corrected chi connectivity index (χ1v) is 7.67. The van der Waals surface area contributed by atoms with Crippen LogP contribution in [0, 0.1) is 5.92 Å². The molecule has 0 fully saturated rings. The Hall–Kier alpha value is -1.22. The SMILES string of the molecule is CCc1ccc(OCCNCCCC(C)C)c(OC)c1. The molecule has 0 heterocycles. The molecule has 0 aromatic heterocycles. The van der Waals surface area contributed by atoms with Crippen LogP contribution >= 0.6 is 0 Å². The third-order valence-electron chi connectivity index (χ3n) is 3.31. The highest BCUT2D eigenvalue weighted by Gasteiger charge is 2.04. The van der Waals surface area contributed by atoms with E-state index in [9.17, 15) is 0 Å². The van der Waals surface area contributed by atoms with Gasteiger partial charge in [-0.05, 0) is 49.4 Å². The first kappa shape index (κ1) is 16.8. The fourth-order valence-corrected chi connectivity index (χ4v) is 2.04. The quantitative estimate of drug-likeness (QED) is 0.663. The normalized spacial score (nSPS) is 10.8. The molecule has 3 heteroatoms. The van der Waals surface area contributed by atoms with Crippen LogP contribution < -0.4 is 14.8 Å². The molecule has 1 aromatic rings. The predicted octanol–water partition coefficient (Wildman–Crippen LogP) is 3.66. The van der Waals surface area contributed by atoms with Gasteiger partial charge in [0.05, 0.1) is 7.11 Å². The third-order valence-corrected chi connectivity index (χ3v) is 3.31. The van der Waals surface area contributed by atoms with E-state index in [2.05, 4.69) is 32.2 Å². The Morgan fingerprint density at radius 1 is 1.15 bits per heavy atom. The number of rotatable bonds is 10. The number of aryl methyl sites for hydroxylation is 1. The molecular weight excluding hydrogens is 250 g/mol. The minimum atomic E-state index is 0.670. The number of methoxy groups -OCH3 is 1. The molecule has 1 aromatic carbocycles. The van der Waals surface area contributed by atoms with E-state index >= 15 is 0 Å².